The standard InChI is InChI=1S/C14H14ClN3O/c15-10-7-13(17-8-10)14(19)18-11-3-4-12-9(6-11)2-1-5-16-12/h3-4,6-8,16-17H,1-2,5H2,(H,18,19). The monoisotopic (exact) mass is 275 g/mol. The van der Waals surface area contributed by atoms with Crippen LogP contribution in [0.1, 0.15) is 22.5 Å². The SMILES string of the molecule is O=C(Nc1ccc2c(c1)CCCN2)c1cc(Cl)c[nH]1. The first-order chi connectivity index (χ1) is 9.22. The quantitative estimate of drug-likeness (QED) is 0.788. The number of aromatic nitrogens is 1. The summed E-state index contributed by atoms with van der Waals surface area (Å²) in [4.78, 5) is 14.8. The number of amides is 1. The number of rotatable bonds is 2. The molecule has 2 heterocycles. The topological polar surface area (TPSA) is 56.9 Å². The summed E-state index contributed by atoms with van der Waals surface area (Å²) in [6, 6.07) is 7.53. The Morgan fingerprint density at radius 1 is 1.32 bits per heavy atom. The Hall–Kier alpha value is -1.94. The molecule has 0 bridgehead atoms. The lowest BCUT2D eigenvalue weighted by Gasteiger charge is -2.18. The van der Waals surface area contributed by atoms with Gasteiger partial charge in [-0.2, -0.15) is 0 Å². The van der Waals surface area contributed by atoms with Crippen molar-refractivity contribution in [1.82, 2.24) is 4.98 Å². The number of carbonyl (C=O) groups excluding carboxylic acids is 1. The molecule has 0 unspecified atom stereocenters. The highest BCUT2D eigenvalue weighted by Gasteiger charge is 2.12. The molecule has 1 aliphatic heterocycles. The largest absolute Gasteiger partial charge is 0.385 e. The summed E-state index contributed by atoms with van der Waals surface area (Å²) in [5, 5.41) is 6.73. The summed E-state index contributed by atoms with van der Waals surface area (Å²) in [5.41, 5.74) is 3.67. The van der Waals surface area contributed by atoms with Crippen molar-refractivity contribution in [2.75, 3.05) is 17.2 Å². The molecule has 1 aliphatic rings. The third kappa shape index (κ3) is 2.58. The average molecular weight is 276 g/mol. The Kier molecular flexibility index (Phi) is 3.17. The van der Waals surface area contributed by atoms with E-state index in [2.05, 4.69) is 15.6 Å². The molecular formula is C14H14ClN3O. The van der Waals surface area contributed by atoms with E-state index < -0.39 is 0 Å². The molecular weight excluding hydrogens is 262 g/mol. The van der Waals surface area contributed by atoms with Gasteiger partial charge in [-0.25, -0.2) is 0 Å². The highest BCUT2D eigenvalue weighted by Crippen LogP contribution is 2.25. The van der Waals surface area contributed by atoms with Crippen LogP contribution in [0.4, 0.5) is 11.4 Å². The van der Waals surface area contributed by atoms with Crippen LogP contribution in [0.2, 0.25) is 5.02 Å². The Morgan fingerprint density at radius 3 is 3.00 bits per heavy atom. The maximum absolute atomic E-state index is 12.0. The molecule has 0 radical (unpaired) electrons. The molecule has 98 valence electrons. The van der Waals surface area contributed by atoms with Crippen LogP contribution in [0.25, 0.3) is 0 Å². The zero-order valence-electron chi connectivity index (χ0n) is 10.3. The molecule has 0 saturated carbocycles. The second kappa shape index (κ2) is 4.97. The third-order valence-corrected chi connectivity index (χ3v) is 3.41. The van der Waals surface area contributed by atoms with E-state index in [1.165, 1.54) is 5.56 Å². The molecule has 0 fully saturated rings. The fourth-order valence-electron chi connectivity index (χ4n) is 2.25. The first-order valence-electron chi connectivity index (χ1n) is 6.24. The Balaban J connectivity index is 1.78. The number of fused-ring (bicyclic) bond motifs is 1. The fraction of sp³-hybridized carbons (Fsp3) is 0.214. The van der Waals surface area contributed by atoms with E-state index in [4.69, 9.17) is 11.6 Å². The summed E-state index contributed by atoms with van der Waals surface area (Å²) >= 11 is 5.78. The van der Waals surface area contributed by atoms with E-state index in [9.17, 15) is 4.79 Å². The van der Waals surface area contributed by atoms with Gasteiger partial charge < -0.3 is 15.6 Å². The number of aromatic amines is 1. The average Bonchev–Trinajstić information content (AvgIpc) is 2.85. The van der Waals surface area contributed by atoms with Crippen molar-refractivity contribution in [3.05, 3.63) is 46.7 Å². The Labute approximate surface area is 116 Å². The number of anilines is 2. The van der Waals surface area contributed by atoms with E-state index in [0.717, 1.165) is 30.8 Å². The van der Waals surface area contributed by atoms with Crippen molar-refractivity contribution in [3.8, 4) is 0 Å². The van der Waals surface area contributed by atoms with Crippen molar-refractivity contribution in [2.24, 2.45) is 0 Å². The smallest absolute Gasteiger partial charge is 0.272 e. The fourth-order valence-corrected chi connectivity index (χ4v) is 2.41. The van der Waals surface area contributed by atoms with Crippen molar-refractivity contribution in [1.29, 1.82) is 0 Å². The maximum Gasteiger partial charge on any atom is 0.272 e. The molecule has 2 aromatic rings. The molecule has 5 heteroatoms. The summed E-state index contributed by atoms with van der Waals surface area (Å²) in [7, 11) is 0. The van der Waals surface area contributed by atoms with Gasteiger partial charge in [0.15, 0.2) is 0 Å². The number of halogens is 1. The zero-order valence-corrected chi connectivity index (χ0v) is 11.1. The molecule has 19 heavy (non-hydrogen) atoms. The number of H-pyrrole nitrogens is 1. The lowest BCUT2D eigenvalue weighted by atomic mass is 10.0. The molecule has 0 aliphatic carbocycles. The third-order valence-electron chi connectivity index (χ3n) is 3.19. The van der Waals surface area contributed by atoms with Crippen LogP contribution in [0.3, 0.4) is 0 Å². The van der Waals surface area contributed by atoms with Crippen molar-refractivity contribution in [2.45, 2.75) is 12.8 Å². The first-order valence-corrected chi connectivity index (χ1v) is 6.62. The van der Waals surface area contributed by atoms with Crippen LogP contribution < -0.4 is 10.6 Å². The lowest BCUT2D eigenvalue weighted by molar-refractivity contribution is 0.102. The van der Waals surface area contributed by atoms with Gasteiger partial charge in [-0.1, -0.05) is 11.6 Å². The minimum atomic E-state index is -0.185. The molecule has 1 aromatic carbocycles. The van der Waals surface area contributed by atoms with E-state index in [0.29, 0.717) is 10.7 Å². The molecule has 1 aromatic heterocycles. The van der Waals surface area contributed by atoms with Crippen LogP contribution in [-0.4, -0.2) is 17.4 Å². The van der Waals surface area contributed by atoms with Crippen LogP contribution in [0.5, 0.6) is 0 Å². The predicted octanol–water partition coefficient (Wildman–Crippen LogP) is 3.28. The summed E-state index contributed by atoms with van der Waals surface area (Å²) in [6.45, 7) is 1.01. The molecule has 1 amide bonds. The molecule has 0 saturated heterocycles. The minimum Gasteiger partial charge on any atom is -0.385 e. The van der Waals surface area contributed by atoms with Gasteiger partial charge in [0, 0.05) is 24.1 Å². The zero-order chi connectivity index (χ0) is 13.2. The van der Waals surface area contributed by atoms with Gasteiger partial charge in [-0.05, 0) is 42.7 Å². The van der Waals surface area contributed by atoms with Gasteiger partial charge in [0.2, 0.25) is 0 Å². The van der Waals surface area contributed by atoms with Crippen molar-refractivity contribution in [3.63, 3.8) is 0 Å². The maximum atomic E-state index is 12.0. The van der Waals surface area contributed by atoms with Gasteiger partial charge >= 0.3 is 0 Å². The number of hydrogen-bond acceptors (Lipinski definition) is 2. The van der Waals surface area contributed by atoms with Gasteiger partial charge in [-0.15, -0.1) is 0 Å². The van der Waals surface area contributed by atoms with Crippen LogP contribution in [-0.2, 0) is 6.42 Å². The lowest BCUT2D eigenvalue weighted by Crippen LogP contribution is -2.14. The second-order valence-corrected chi connectivity index (χ2v) is 5.02. The number of benzene rings is 1. The highest BCUT2D eigenvalue weighted by atomic mass is 35.5. The Bertz CT molecular complexity index is 621. The predicted molar refractivity (Wildman–Crippen MR) is 77.0 cm³/mol. The van der Waals surface area contributed by atoms with Gasteiger partial charge in [-0.3, -0.25) is 4.79 Å². The molecule has 0 spiro atoms. The summed E-state index contributed by atoms with van der Waals surface area (Å²) < 4.78 is 0. The van der Waals surface area contributed by atoms with E-state index in [-0.39, 0.29) is 5.91 Å². The normalized spacial score (nSPS) is 13.5. The van der Waals surface area contributed by atoms with E-state index in [1.54, 1.807) is 12.3 Å². The van der Waals surface area contributed by atoms with E-state index >= 15 is 0 Å². The van der Waals surface area contributed by atoms with Gasteiger partial charge in [0.1, 0.15) is 5.69 Å². The highest BCUT2D eigenvalue weighted by molar-refractivity contribution is 6.31. The number of hydrogen-bond donors (Lipinski definition) is 3. The molecule has 4 nitrogen and oxygen atoms in total. The second-order valence-electron chi connectivity index (χ2n) is 4.59. The number of carbonyl (C=O) groups is 1. The van der Waals surface area contributed by atoms with Crippen molar-refractivity contribution < 1.29 is 4.79 Å². The molecule has 3 N–H and O–H groups in total. The molecule has 0 atom stereocenters. The Morgan fingerprint density at radius 2 is 2.21 bits per heavy atom. The van der Waals surface area contributed by atoms with E-state index in [1.807, 2.05) is 18.2 Å². The van der Waals surface area contributed by atoms with Crippen molar-refractivity contribution >= 4 is 28.9 Å². The molecule has 3 rings (SSSR count). The number of nitrogens with one attached hydrogen (secondary N) is 3. The minimum absolute atomic E-state index is 0.185. The van der Waals surface area contributed by atoms with Gasteiger partial charge in [0.05, 0.1) is 5.02 Å². The first kappa shape index (κ1) is 12.1. The summed E-state index contributed by atoms with van der Waals surface area (Å²) in [5.74, 6) is -0.185. The van der Waals surface area contributed by atoms with Crippen LogP contribution in [0, 0.1) is 0 Å². The van der Waals surface area contributed by atoms with Crippen LogP contribution in [0.15, 0.2) is 30.5 Å². The summed E-state index contributed by atoms with van der Waals surface area (Å²) in [6.07, 6.45) is 3.75. The van der Waals surface area contributed by atoms with Crippen LogP contribution >= 0.6 is 11.6 Å². The number of aryl methyl sites for hydroxylation is 1. The van der Waals surface area contributed by atoms with Gasteiger partial charge in [0.25, 0.3) is 5.91 Å².